The van der Waals surface area contributed by atoms with E-state index >= 15 is 4.39 Å². The van der Waals surface area contributed by atoms with Crippen LogP contribution in [0.15, 0.2) is 225 Å². The molecule has 9 aliphatic rings. The fourth-order valence-electron chi connectivity index (χ4n) is 18.5. The van der Waals surface area contributed by atoms with E-state index in [1.807, 2.05) is 158 Å². The molecular formula is C108H112F2N20O13S4. The van der Waals surface area contributed by atoms with E-state index in [9.17, 15) is 62.0 Å². The SMILES string of the molecule is Cc1cc(CN2CCS(=O)(=O)CC2)ccc1-c1cccc2nc(NC(=O)C3CC3)cn12.O=C(Nc1cn2c(-c3ccc(CN4CCS(=O)(=O)CC4)cc3)c(F)ccc2n1)C1CC1.O=C(Nc1cn2c(-c3ccc(CN4CCS(=O)(=O)CC4)cc3)cccc2n1)C1CC1.O=C(Nc1cn2c(-c3ccc(CN4CCS(=O)(=O)CC4)cc3F)cccc2n1)C1CC1.[C-]#[N+]Cc1ccc(-c2cccc3nc(NC(=O)C4CC4)cn23)cc1. The van der Waals surface area contributed by atoms with Crippen molar-refractivity contribution in [3.8, 4) is 56.3 Å². The number of halogens is 2. The highest BCUT2D eigenvalue weighted by molar-refractivity contribution is 7.92. The number of fused-ring (bicyclic) bond motifs is 5. The molecule has 0 unspecified atom stereocenters. The zero-order valence-electron chi connectivity index (χ0n) is 81.1. The highest BCUT2D eigenvalue weighted by Crippen LogP contribution is 2.39. The molecule has 0 atom stereocenters. The molecule has 760 valence electrons. The molecule has 5 N–H and O–H groups in total. The highest BCUT2D eigenvalue weighted by Gasteiger charge is 2.36. The molecule has 0 spiro atoms. The topological polar surface area (TPSA) is 386 Å². The van der Waals surface area contributed by atoms with Gasteiger partial charge in [0, 0.05) is 130 Å². The van der Waals surface area contributed by atoms with Crippen LogP contribution in [0.2, 0.25) is 0 Å². The van der Waals surface area contributed by atoms with Gasteiger partial charge >= 0.3 is 0 Å². The first-order chi connectivity index (χ1) is 70.8. The summed E-state index contributed by atoms with van der Waals surface area (Å²) in [6, 6.07) is 61.6. The Bertz CT molecular complexity index is 7860. The normalized spacial score (nSPS) is 18.1. The van der Waals surface area contributed by atoms with Gasteiger partial charge in [-0.1, -0.05) is 121 Å². The molecule has 5 aromatic carbocycles. The maximum Gasteiger partial charge on any atom is 0.239 e. The predicted molar refractivity (Wildman–Crippen MR) is 561 cm³/mol. The smallest absolute Gasteiger partial charge is 0.239 e. The van der Waals surface area contributed by atoms with Crippen LogP contribution >= 0.6 is 0 Å². The maximum atomic E-state index is 15.1. The van der Waals surface area contributed by atoms with Gasteiger partial charge in [-0.2, -0.15) is 0 Å². The zero-order valence-corrected chi connectivity index (χ0v) is 84.3. The number of pyridine rings is 5. The van der Waals surface area contributed by atoms with Crippen molar-refractivity contribution in [1.29, 1.82) is 0 Å². The van der Waals surface area contributed by atoms with Gasteiger partial charge in [0.25, 0.3) is 0 Å². The van der Waals surface area contributed by atoms with Crippen LogP contribution in [-0.2, 0) is 96.0 Å². The van der Waals surface area contributed by atoms with Crippen LogP contribution in [0.25, 0.3) is 89.4 Å². The molecule has 5 saturated carbocycles. The van der Waals surface area contributed by atoms with Crippen LogP contribution in [0.1, 0.15) is 97.6 Å². The minimum Gasteiger partial charge on any atom is -0.312 e. The molecule has 9 fully saturated rings. The van der Waals surface area contributed by atoms with Crippen LogP contribution in [-0.4, -0.2) is 228 Å². The lowest BCUT2D eigenvalue weighted by atomic mass is 10.0. The number of nitrogens with one attached hydrogen (secondary N) is 5. The third-order valence-corrected chi connectivity index (χ3v) is 34.2. The van der Waals surface area contributed by atoms with E-state index in [1.54, 1.807) is 33.3 Å². The van der Waals surface area contributed by atoms with E-state index in [0.29, 0.717) is 135 Å². The molecule has 33 nitrogen and oxygen atoms in total. The number of carbonyl (C=O) groups excluding carboxylic acids is 5. The summed E-state index contributed by atoms with van der Waals surface area (Å²) in [5.74, 6) is 4.22. The lowest BCUT2D eigenvalue weighted by Gasteiger charge is -2.26. The minimum absolute atomic E-state index is 0.0222. The summed E-state index contributed by atoms with van der Waals surface area (Å²) in [5, 5.41) is 14.4. The number of anilines is 5. The van der Waals surface area contributed by atoms with Crippen molar-refractivity contribution in [3.05, 3.63) is 282 Å². The lowest BCUT2D eigenvalue weighted by Crippen LogP contribution is -2.39. The van der Waals surface area contributed by atoms with Gasteiger partial charge in [-0.15, -0.1) is 0 Å². The second kappa shape index (κ2) is 42.8. The highest BCUT2D eigenvalue weighted by atomic mass is 32.2. The number of imidazole rings is 5. The van der Waals surface area contributed by atoms with E-state index in [1.165, 1.54) is 17.7 Å². The molecular weight excluding hydrogens is 1950 g/mol. The molecule has 14 heterocycles. The van der Waals surface area contributed by atoms with Gasteiger partial charge in [-0.3, -0.25) is 65.6 Å². The molecule has 0 radical (unpaired) electrons. The summed E-state index contributed by atoms with van der Waals surface area (Å²) in [7, 11) is -11.6. The number of hydrogen-bond donors (Lipinski definition) is 5. The second-order valence-electron chi connectivity index (χ2n) is 39.3. The van der Waals surface area contributed by atoms with E-state index in [4.69, 9.17) is 6.57 Å². The first-order valence-corrected chi connectivity index (χ1v) is 57.0. The average Bonchev–Trinajstić information content (AvgIpc) is 1.66. The van der Waals surface area contributed by atoms with Crippen molar-refractivity contribution in [3.63, 3.8) is 0 Å². The Kier molecular flexibility index (Phi) is 29.1. The number of amides is 5. The molecule has 5 aliphatic carbocycles. The van der Waals surface area contributed by atoms with Gasteiger partial charge in [0.05, 0.1) is 105 Å². The summed E-state index contributed by atoms with van der Waals surface area (Å²) in [4.78, 5) is 94.5. The van der Waals surface area contributed by atoms with Crippen molar-refractivity contribution in [2.45, 2.75) is 104 Å². The molecule has 10 aromatic heterocycles. The Balaban J connectivity index is 0.000000112. The fraction of sp³-hybridized carbons (Fsp3) is 0.343. The number of hydrogen-bond acceptors (Lipinski definition) is 22. The monoisotopic (exact) mass is 2060 g/mol. The second-order valence-corrected chi connectivity index (χ2v) is 48.6. The van der Waals surface area contributed by atoms with Crippen molar-refractivity contribution < 1.29 is 66.4 Å². The Morgan fingerprint density at radius 2 is 0.585 bits per heavy atom. The molecule has 4 saturated heterocycles. The maximum absolute atomic E-state index is 15.1. The molecule has 15 aromatic rings. The van der Waals surface area contributed by atoms with Crippen molar-refractivity contribution in [1.82, 2.24) is 66.5 Å². The van der Waals surface area contributed by atoms with Crippen LogP contribution in [0.5, 0.6) is 0 Å². The number of aryl methyl sites for hydroxylation is 1. The molecule has 0 bridgehead atoms. The predicted octanol–water partition coefficient (Wildman–Crippen LogP) is 14.7. The number of rotatable bonds is 24. The first-order valence-electron chi connectivity index (χ1n) is 49.7. The van der Waals surface area contributed by atoms with Crippen LogP contribution in [0, 0.1) is 54.7 Å². The quantitative estimate of drug-likeness (QED) is 0.0351. The standard InChI is InChI=1S/C23H26N4O3S.2C22H23FN4O3S.C22H24N4O3S.C19H16N4O/c1-16-13-17(14-26-9-11-31(29,30)12-10-26)5-8-19(16)20-3-2-4-22-24-21(15-27(20)22)25-23(28)18-6-7-18;23-18-7-8-20-24-19(25-22(28)17-5-6-17)14-27(20)21(18)16-3-1-15(2-4-16)13-26-9-11-31(29,30)12-10-26;23-18-12-15(13-26-8-10-31(29,30)11-9-26)4-7-17(18)19-2-1-3-21-24-20(14-27(19)21)25-22(28)16-5-6-16;27-22(18-8-9-18)24-20-15-26-19(2-1-3-21(26)23-20)17-6-4-16(5-7-17)14-25-10-12-30(28,29)13-11-25;1-20-11-13-5-7-14(8-6-13)16-3-2-4-18-21-17(12-23(16)18)22-19(24)15-9-10-15/h2-5,8,13,15,18H,6-7,9-12,14H2,1H3,(H,25,28);1-4,7-8,14,17H,5-6,9-13H2,(H,25,28);1-4,7,12,14,16H,5-6,8-11,13H2,(H,25,28);1-7,15,18H,8-14H2,(H,24,27);2-8,12,15H,9-11H2,(H,22,24). The Hall–Kier alpha value is -14.1. The number of carbonyl (C=O) groups is 5. The molecule has 5 amide bonds. The summed E-state index contributed by atoms with van der Waals surface area (Å²) < 4.78 is 132. The van der Waals surface area contributed by atoms with Gasteiger partial charge in [-0.25, -0.2) is 73.9 Å². The first kappa shape index (κ1) is 100. The number of nitrogens with zero attached hydrogens (tertiary/aromatic N) is 15. The van der Waals surface area contributed by atoms with E-state index in [0.717, 1.165) is 156 Å². The molecule has 147 heavy (non-hydrogen) atoms. The summed E-state index contributed by atoms with van der Waals surface area (Å²) in [6.07, 6.45) is 18.4. The molecule has 39 heteroatoms. The lowest BCUT2D eigenvalue weighted by molar-refractivity contribution is -0.118. The largest absolute Gasteiger partial charge is 0.312 e. The van der Waals surface area contributed by atoms with Crippen LogP contribution < -0.4 is 26.6 Å². The fourth-order valence-corrected chi connectivity index (χ4v) is 23.6. The summed E-state index contributed by atoms with van der Waals surface area (Å²) >= 11 is 0. The number of aromatic nitrogens is 10. The number of sulfone groups is 4. The van der Waals surface area contributed by atoms with Gasteiger partial charge in [-0.05, 0) is 183 Å². The third kappa shape index (κ3) is 25.2. The number of benzene rings is 5. The van der Waals surface area contributed by atoms with E-state index in [2.05, 4.69) is 127 Å². The van der Waals surface area contributed by atoms with Crippen LogP contribution in [0.4, 0.5) is 37.9 Å². The van der Waals surface area contributed by atoms with Crippen molar-refractivity contribution in [2.24, 2.45) is 29.6 Å². The third-order valence-electron chi connectivity index (χ3n) is 27.8. The summed E-state index contributed by atoms with van der Waals surface area (Å²) in [5.41, 5.74) is 18.3. The Labute approximate surface area is 849 Å². The van der Waals surface area contributed by atoms with Crippen molar-refractivity contribution in [2.75, 3.05) is 125 Å². The van der Waals surface area contributed by atoms with Gasteiger partial charge in [0.1, 0.15) is 39.9 Å². The van der Waals surface area contributed by atoms with Crippen molar-refractivity contribution >= 4 is 126 Å². The van der Waals surface area contributed by atoms with Gasteiger partial charge in [0.15, 0.2) is 68.4 Å². The van der Waals surface area contributed by atoms with Crippen LogP contribution in [0.3, 0.4) is 0 Å². The average molecular weight is 2060 g/mol. The Morgan fingerprint density at radius 3 is 0.905 bits per heavy atom. The van der Waals surface area contributed by atoms with Gasteiger partial charge < -0.3 is 31.4 Å². The minimum atomic E-state index is -2.94. The molecule has 24 rings (SSSR count). The van der Waals surface area contributed by atoms with E-state index < -0.39 is 39.3 Å². The molecule has 4 aliphatic heterocycles. The van der Waals surface area contributed by atoms with E-state index in [-0.39, 0.29) is 117 Å². The Morgan fingerprint density at radius 1 is 0.313 bits per heavy atom. The van der Waals surface area contributed by atoms with Gasteiger partial charge in [0.2, 0.25) is 36.1 Å². The zero-order chi connectivity index (χ0) is 102. The summed E-state index contributed by atoms with van der Waals surface area (Å²) in [6.45, 7) is 16.5.